The highest BCUT2D eigenvalue weighted by Crippen LogP contribution is 2.39. The van der Waals surface area contributed by atoms with Crippen molar-refractivity contribution in [1.29, 1.82) is 0 Å². The van der Waals surface area contributed by atoms with Gasteiger partial charge in [-0.1, -0.05) is 12.1 Å². The monoisotopic (exact) mass is 287 g/mol. The molecular formula is C17H21NO3. The molecule has 0 aliphatic carbocycles. The molecule has 2 aromatic rings. The third kappa shape index (κ3) is 3.28. The lowest BCUT2D eigenvalue weighted by atomic mass is 9.99. The van der Waals surface area contributed by atoms with E-state index in [9.17, 15) is 0 Å². The Morgan fingerprint density at radius 2 is 1.62 bits per heavy atom. The summed E-state index contributed by atoms with van der Waals surface area (Å²) in [7, 11) is 4.94. The molecule has 0 fully saturated rings. The number of nitrogens with two attached hydrogens (primary N) is 1. The molecule has 2 N–H and O–H groups in total. The molecule has 2 rings (SSSR count). The predicted octanol–water partition coefficient (Wildman–Crippen LogP) is 2.88. The highest BCUT2D eigenvalue weighted by molar-refractivity contribution is 5.75. The van der Waals surface area contributed by atoms with E-state index in [-0.39, 0.29) is 0 Å². The van der Waals surface area contributed by atoms with Crippen LogP contribution in [0, 0.1) is 0 Å². The van der Waals surface area contributed by atoms with Gasteiger partial charge in [-0.2, -0.15) is 0 Å². The van der Waals surface area contributed by atoms with Crippen molar-refractivity contribution in [2.75, 3.05) is 27.9 Å². The maximum absolute atomic E-state index is 5.66. The summed E-state index contributed by atoms with van der Waals surface area (Å²) >= 11 is 0. The topological polar surface area (TPSA) is 53.7 Å². The smallest absolute Gasteiger partial charge is 0.168 e. The Labute approximate surface area is 125 Å². The van der Waals surface area contributed by atoms with Crippen LogP contribution < -0.4 is 19.9 Å². The van der Waals surface area contributed by atoms with Gasteiger partial charge in [-0.05, 0) is 48.4 Å². The maximum atomic E-state index is 5.66. The molecule has 4 heteroatoms. The van der Waals surface area contributed by atoms with Crippen molar-refractivity contribution in [3.8, 4) is 28.4 Å². The molecule has 112 valence electrons. The van der Waals surface area contributed by atoms with Gasteiger partial charge in [-0.3, -0.25) is 0 Å². The number of hydrogen-bond donors (Lipinski definition) is 1. The Hall–Kier alpha value is -2.20. The van der Waals surface area contributed by atoms with Crippen LogP contribution in [-0.4, -0.2) is 27.9 Å². The van der Waals surface area contributed by atoms with E-state index in [0.29, 0.717) is 12.3 Å². The number of benzene rings is 2. The van der Waals surface area contributed by atoms with Gasteiger partial charge in [0, 0.05) is 5.56 Å². The van der Waals surface area contributed by atoms with Crippen molar-refractivity contribution in [1.82, 2.24) is 0 Å². The van der Waals surface area contributed by atoms with Gasteiger partial charge in [-0.25, -0.2) is 0 Å². The molecular weight excluding hydrogens is 266 g/mol. The van der Waals surface area contributed by atoms with Crippen LogP contribution in [0.15, 0.2) is 36.4 Å². The van der Waals surface area contributed by atoms with E-state index in [1.54, 1.807) is 21.3 Å². The van der Waals surface area contributed by atoms with Gasteiger partial charge in [0.25, 0.3) is 0 Å². The van der Waals surface area contributed by atoms with E-state index >= 15 is 0 Å². The molecule has 0 amide bonds. The summed E-state index contributed by atoms with van der Waals surface area (Å²) in [6.45, 7) is 0.595. The van der Waals surface area contributed by atoms with Crippen molar-refractivity contribution in [3.05, 3.63) is 42.0 Å². The van der Waals surface area contributed by atoms with Crippen molar-refractivity contribution in [2.24, 2.45) is 5.73 Å². The number of rotatable bonds is 6. The highest BCUT2D eigenvalue weighted by Gasteiger charge is 2.14. The minimum absolute atomic E-state index is 0.595. The number of ether oxygens (including phenoxy) is 3. The summed E-state index contributed by atoms with van der Waals surface area (Å²) in [6, 6.07) is 11.9. The predicted molar refractivity (Wildman–Crippen MR) is 84.3 cm³/mol. The first kappa shape index (κ1) is 15.2. The molecule has 2 aromatic carbocycles. The van der Waals surface area contributed by atoms with Gasteiger partial charge in [0.15, 0.2) is 11.5 Å². The summed E-state index contributed by atoms with van der Waals surface area (Å²) in [5.41, 5.74) is 8.82. The third-order valence-corrected chi connectivity index (χ3v) is 3.37. The quantitative estimate of drug-likeness (QED) is 0.887. The molecule has 4 nitrogen and oxygen atoms in total. The molecule has 0 aromatic heterocycles. The Kier molecular flexibility index (Phi) is 5.06. The normalized spacial score (nSPS) is 10.3. The van der Waals surface area contributed by atoms with E-state index in [1.165, 1.54) is 0 Å². The highest BCUT2D eigenvalue weighted by atomic mass is 16.5. The standard InChI is InChI=1S/C17H21NO3/c1-19-14-6-4-13(5-7-14)15-10-12(8-9-18)11-16(20-2)17(15)21-3/h4-7,10-11H,8-9,18H2,1-3H3. The molecule has 0 unspecified atom stereocenters. The molecule has 0 aliphatic rings. The minimum atomic E-state index is 0.595. The van der Waals surface area contributed by atoms with E-state index < -0.39 is 0 Å². The summed E-state index contributed by atoms with van der Waals surface area (Å²) in [5, 5.41) is 0. The number of hydrogen-bond acceptors (Lipinski definition) is 4. The Morgan fingerprint density at radius 3 is 2.14 bits per heavy atom. The van der Waals surface area contributed by atoms with Crippen molar-refractivity contribution in [3.63, 3.8) is 0 Å². The molecule has 0 saturated carbocycles. The van der Waals surface area contributed by atoms with Crippen LogP contribution in [0.4, 0.5) is 0 Å². The second-order valence-electron chi connectivity index (χ2n) is 4.65. The van der Waals surface area contributed by atoms with Gasteiger partial charge in [0.1, 0.15) is 5.75 Å². The van der Waals surface area contributed by atoms with Gasteiger partial charge in [0.05, 0.1) is 21.3 Å². The molecule has 0 heterocycles. The largest absolute Gasteiger partial charge is 0.497 e. The molecule has 21 heavy (non-hydrogen) atoms. The first-order valence-corrected chi connectivity index (χ1v) is 6.82. The lowest BCUT2D eigenvalue weighted by Gasteiger charge is -2.15. The molecule has 0 aliphatic heterocycles. The average molecular weight is 287 g/mol. The molecule has 0 atom stereocenters. The van der Waals surface area contributed by atoms with E-state index in [4.69, 9.17) is 19.9 Å². The fourth-order valence-corrected chi connectivity index (χ4v) is 2.32. The lowest BCUT2D eigenvalue weighted by molar-refractivity contribution is 0.355. The molecule has 0 bridgehead atoms. The summed E-state index contributed by atoms with van der Waals surface area (Å²) < 4.78 is 16.2. The Balaban J connectivity index is 2.54. The summed E-state index contributed by atoms with van der Waals surface area (Å²) in [6.07, 6.45) is 0.795. The van der Waals surface area contributed by atoms with E-state index in [2.05, 4.69) is 6.07 Å². The Morgan fingerprint density at radius 1 is 0.905 bits per heavy atom. The second-order valence-corrected chi connectivity index (χ2v) is 4.65. The van der Waals surface area contributed by atoms with Crippen LogP contribution >= 0.6 is 0 Å². The van der Waals surface area contributed by atoms with Crippen LogP contribution in [0.2, 0.25) is 0 Å². The van der Waals surface area contributed by atoms with Crippen molar-refractivity contribution in [2.45, 2.75) is 6.42 Å². The van der Waals surface area contributed by atoms with Crippen molar-refractivity contribution < 1.29 is 14.2 Å². The fraction of sp³-hybridized carbons (Fsp3) is 0.294. The van der Waals surface area contributed by atoms with Crippen LogP contribution in [0.3, 0.4) is 0 Å². The minimum Gasteiger partial charge on any atom is -0.497 e. The fourth-order valence-electron chi connectivity index (χ4n) is 2.32. The SMILES string of the molecule is COc1ccc(-c2cc(CCN)cc(OC)c2OC)cc1. The zero-order chi connectivity index (χ0) is 15.2. The molecule has 0 saturated heterocycles. The number of methoxy groups -OCH3 is 3. The maximum Gasteiger partial charge on any atom is 0.168 e. The molecule has 0 spiro atoms. The van der Waals surface area contributed by atoms with Gasteiger partial charge >= 0.3 is 0 Å². The molecule has 0 radical (unpaired) electrons. The van der Waals surface area contributed by atoms with E-state index in [1.807, 2.05) is 30.3 Å². The van der Waals surface area contributed by atoms with Gasteiger partial charge < -0.3 is 19.9 Å². The van der Waals surface area contributed by atoms with E-state index in [0.717, 1.165) is 34.6 Å². The zero-order valence-corrected chi connectivity index (χ0v) is 12.7. The third-order valence-electron chi connectivity index (χ3n) is 3.37. The van der Waals surface area contributed by atoms with Gasteiger partial charge in [0.2, 0.25) is 0 Å². The van der Waals surface area contributed by atoms with Gasteiger partial charge in [-0.15, -0.1) is 0 Å². The summed E-state index contributed by atoms with van der Waals surface area (Å²) in [5.74, 6) is 2.26. The van der Waals surface area contributed by atoms with Crippen LogP contribution in [-0.2, 0) is 6.42 Å². The van der Waals surface area contributed by atoms with Crippen LogP contribution in [0.1, 0.15) is 5.56 Å². The Bertz CT molecular complexity index is 594. The van der Waals surface area contributed by atoms with Crippen LogP contribution in [0.25, 0.3) is 11.1 Å². The van der Waals surface area contributed by atoms with Crippen LogP contribution in [0.5, 0.6) is 17.2 Å². The van der Waals surface area contributed by atoms with Crippen molar-refractivity contribution >= 4 is 0 Å². The zero-order valence-electron chi connectivity index (χ0n) is 12.7. The first-order chi connectivity index (χ1) is 10.2. The first-order valence-electron chi connectivity index (χ1n) is 6.82. The lowest BCUT2D eigenvalue weighted by Crippen LogP contribution is -2.04. The second kappa shape index (κ2) is 6.99. The summed E-state index contributed by atoms with van der Waals surface area (Å²) in [4.78, 5) is 0. The average Bonchev–Trinajstić information content (AvgIpc) is 2.54.